The maximum atomic E-state index is 13.3. The molecule has 0 amide bonds. The van der Waals surface area contributed by atoms with Crippen LogP contribution in [0.15, 0.2) is 59.8 Å². The van der Waals surface area contributed by atoms with Crippen molar-refractivity contribution in [3.05, 3.63) is 76.7 Å². The number of aryl methyl sites for hydroxylation is 1. The second-order valence-electron chi connectivity index (χ2n) is 7.32. The van der Waals surface area contributed by atoms with Crippen LogP contribution < -0.4 is 5.32 Å². The Labute approximate surface area is 161 Å². The Morgan fingerprint density at radius 1 is 1.07 bits per heavy atom. The molecule has 2 heterocycles. The van der Waals surface area contributed by atoms with Gasteiger partial charge in [-0.25, -0.2) is 9.07 Å². The number of rotatable bonds is 2. The zero-order valence-electron chi connectivity index (χ0n) is 15.4. The summed E-state index contributed by atoms with van der Waals surface area (Å²) in [6, 6.07) is 14.0. The molecule has 5 nitrogen and oxygen atoms in total. The van der Waals surface area contributed by atoms with Gasteiger partial charge in [0.25, 0.3) is 0 Å². The van der Waals surface area contributed by atoms with E-state index in [4.69, 9.17) is 5.10 Å². The highest BCUT2D eigenvalue weighted by Gasteiger charge is 2.36. The van der Waals surface area contributed by atoms with E-state index in [1.165, 1.54) is 12.1 Å². The molecule has 5 rings (SSSR count). The Balaban J connectivity index is 1.66. The molecule has 1 aliphatic heterocycles. The van der Waals surface area contributed by atoms with E-state index in [1.54, 1.807) is 16.8 Å². The Kier molecular flexibility index (Phi) is 3.86. The van der Waals surface area contributed by atoms with Crippen LogP contribution in [-0.4, -0.2) is 20.5 Å². The number of nitrogens with one attached hydrogen (secondary N) is 1. The van der Waals surface area contributed by atoms with Crippen LogP contribution in [0.5, 0.6) is 0 Å². The summed E-state index contributed by atoms with van der Waals surface area (Å²) >= 11 is 0. The molecule has 1 aliphatic carbocycles. The molecule has 0 saturated carbocycles. The molecule has 0 radical (unpaired) electrons. The molecule has 140 valence electrons. The van der Waals surface area contributed by atoms with E-state index in [1.807, 2.05) is 31.2 Å². The molecule has 6 heteroatoms. The summed E-state index contributed by atoms with van der Waals surface area (Å²) in [7, 11) is 0. The van der Waals surface area contributed by atoms with E-state index in [9.17, 15) is 9.18 Å². The van der Waals surface area contributed by atoms with Gasteiger partial charge in [0, 0.05) is 23.3 Å². The molecular weight excluding hydrogens is 355 g/mol. The molecule has 2 aromatic carbocycles. The van der Waals surface area contributed by atoms with E-state index in [0.717, 1.165) is 40.8 Å². The van der Waals surface area contributed by atoms with Crippen LogP contribution in [0.4, 0.5) is 10.3 Å². The van der Waals surface area contributed by atoms with E-state index in [0.29, 0.717) is 18.2 Å². The summed E-state index contributed by atoms with van der Waals surface area (Å²) in [4.78, 5) is 17.4. The molecule has 1 aromatic heterocycles. The molecule has 1 unspecified atom stereocenters. The zero-order valence-corrected chi connectivity index (χ0v) is 15.4. The predicted octanol–water partition coefficient (Wildman–Crippen LogP) is 4.41. The fourth-order valence-corrected chi connectivity index (χ4v) is 3.93. The number of anilines is 1. The Morgan fingerprint density at radius 3 is 2.57 bits per heavy atom. The van der Waals surface area contributed by atoms with Crippen LogP contribution >= 0.6 is 0 Å². The third kappa shape index (κ3) is 2.72. The van der Waals surface area contributed by atoms with Gasteiger partial charge in [-0.15, -0.1) is 5.10 Å². The molecule has 0 fully saturated rings. The quantitative estimate of drug-likeness (QED) is 0.722. The second-order valence-corrected chi connectivity index (χ2v) is 7.32. The number of benzene rings is 2. The summed E-state index contributed by atoms with van der Waals surface area (Å²) in [5.74, 6) is 0.972. The molecule has 1 N–H and O–H groups in total. The molecule has 0 spiro atoms. The number of allylic oxidation sites excluding steroid dienone is 2. The monoisotopic (exact) mass is 374 g/mol. The van der Waals surface area contributed by atoms with Crippen LogP contribution in [0, 0.1) is 12.7 Å². The highest BCUT2D eigenvalue weighted by atomic mass is 19.1. The van der Waals surface area contributed by atoms with Crippen molar-refractivity contribution in [1.29, 1.82) is 0 Å². The summed E-state index contributed by atoms with van der Waals surface area (Å²) in [6.07, 6.45) is 2.21. The van der Waals surface area contributed by atoms with Crippen molar-refractivity contribution >= 4 is 11.7 Å². The number of hydrogen-bond donors (Lipinski definition) is 1. The smallest absolute Gasteiger partial charge is 0.226 e. The fourth-order valence-electron chi connectivity index (χ4n) is 3.93. The number of hydrogen-bond acceptors (Lipinski definition) is 4. The second kappa shape index (κ2) is 6.41. The lowest BCUT2D eigenvalue weighted by atomic mass is 9.85. The minimum Gasteiger partial charge on any atom is -0.328 e. The van der Waals surface area contributed by atoms with Crippen molar-refractivity contribution in [2.75, 3.05) is 5.32 Å². The van der Waals surface area contributed by atoms with Gasteiger partial charge in [0.15, 0.2) is 11.6 Å². The minimum atomic E-state index is -0.304. The minimum absolute atomic E-state index is 0.156. The summed E-state index contributed by atoms with van der Waals surface area (Å²) < 4.78 is 15.1. The molecule has 0 saturated heterocycles. The Hall–Kier alpha value is -3.28. The number of halogens is 1. The lowest BCUT2D eigenvalue weighted by Crippen LogP contribution is -2.31. The van der Waals surface area contributed by atoms with Crippen LogP contribution in [-0.2, 0) is 4.79 Å². The highest BCUT2D eigenvalue weighted by Crippen LogP contribution is 2.40. The average Bonchev–Trinajstić information content (AvgIpc) is 3.11. The third-order valence-corrected chi connectivity index (χ3v) is 5.36. The van der Waals surface area contributed by atoms with Gasteiger partial charge in [0.2, 0.25) is 5.95 Å². The Morgan fingerprint density at radius 2 is 1.82 bits per heavy atom. The maximum Gasteiger partial charge on any atom is 0.226 e. The highest BCUT2D eigenvalue weighted by molar-refractivity contribution is 5.99. The van der Waals surface area contributed by atoms with Gasteiger partial charge in [0.1, 0.15) is 11.9 Å². The first-order chi connectivity index (χ1) is 13.6. The standard InChI is InChI=1S/C22H19FN4O/c1-13-5-7-14(8-6-13)20-19-17(3-2-4-18(19)28)24-22-25-21(26-27(20)22)15-9-11-16(23)12-10-15/h5-12,20H,2-4H2,1H3,(H,24,25,26). The maximum absolute atomic E-state index is 13.3. The number of nitrogens with zero attached hydrogens (tertiary/aromatic N) is 3. The van der Waals surface area contributed by atoms with Crippen molar-refractivity contribution in [3.8, 4) is 11.4 Å². The van der Waals surface area contributed by atoms with E-state index in [2.05, 4.69) is 10.3 Å². The predicted molar refractivity (Wildman–Crippen MR) is 104 cm³/mol. The van der Waals surface area contributed by atoms with Gasteiger partial charge in [-0.3, -0.25) is 4.79 Å². The normalized spacial score (nSPS) is 18.5. The SMILES string of the molecule is Cc1ccc(C2C3=C(CCCC3=O)Nc3nc(-c4ccc(F)cc4)nn32)cc1. The molecule has 3 aromatic rings. The summed E-state index contributed by atoms with van der Waals surface area (Å²) in [5, 5.41) is 8.01. The van der Waals surface area contributed by atoms with Crippen molar-refractivity contribution in [1.82, 2.24) is 14.8 Å². The first-order valence-electron chi connectivity index (χ1n) is 9.42. The van der Waals surface area contributed by atoms with Gasteiger partial charge in [-0.1, -0.05) is 29.8 Å². The number of Topliss-reactive ketones (excluding diaryl/α,β-unsaturated/α-hetero) is 1. The van der Waals surface area contributed by atoms with Crippen LogP contribution in [0.2, 0.25) is 0 Å². The van der Waals surface area contributed by atoms with Crippen LogP contribution in [0.1, 0.15) is 36.4 Å². The van der Waals surface area contributed by atoms with E-state index in [-0.39, 0.29) is 17.6 Å². The van der Waals surface area contributed by atoms with Crippen molar-refractivity contribution in [2.24, 2.45) is 0 Å². The first-order valence-corrected chi connectivity index (χ1v) is 9.42. The molecule has 2 aliphatic rings. The molecule has 28 heavy (non-hydrogen) atoms. The van der Waals surface area contributed by atoms with Gasteiger partial charge < -0.3 is 5.32 Å². The largest absolute Gasteiger partial charge is 0.328 e. The lowest BCUT2D eigenvalue weighted by molar-refractivity contribution is -0.116. The lowest BCUT2D eigenvalue weighted by Gasteiger charge is -2.32. The summed E-state index contributed by atoms with van der Waals surface area (Å²) in [5.41, 5.74) is 4.61. The summed E-state index contributed by atoms with van der Waals surface area (Å²) in [6.45, 7) is 2.04. The molecule has 1 atom stereocenters. The van der Waals surface area contributed by atoms with Crippen molar-refractivity contribution in [2.45, 2.75) is 32.2 Å². The van der Waals surface area contributed by atoms with Crippen molar-refractivity contribution < 1.29 is 9.18 Å². The van der Waals surface area contributed by atoms with Crippen LogP contribution in [0.3, 0.4) is 0 Å². The number of fused-ring (bicyclic) bond motifs is 1. The number of carbonyl (C=O) groups is 1. The number of carbonyl (C=O) groups excluding carboxylic acids is 1. The van der Waals surface area contributed by atoms with Crippen molar-refractivity contribution in [3.63, 3.8) is 0 Å². The van der Waals surface area contributed by atoms with E-state index < -0.39 is 0 Å². The Bertz CT molecular complexity index is 1100. The topological polar surface area (TPSA) is 59.8 Å². The average molecular weight is 374 g/mol. The number of ketones is 1. The first kappa shape index (κ1) is 16.9. The third-order valence-electron chi connectivity index (χ3n) is 5.36. The van der Waals surface area contributed by atoms with E-state index >= 15 is 0 Å². The molecular formula is C22H19FN4O. The van der Waals surface area contributed by atoms with Gasteiger partial charge in [-0.05, 0) is 49.6 Å². The van der Waals surface area contributed by atoms with Crippen LogP contribution in [0.25, 0.3) is 11.4 Å². The van der Waals surface area contributed by atoms with Gasteiger partial charge >= 0.3 is 0 Å². The fraction of sp³-hybridized carbons (Fsp3) is 0.227. The number of aromatic nitrogens is 3. The molecule has 0 bridgehead atoms. The van der Waals surface area contributed by atoms with Gasteiger partial charge in [0.05, 0.1) is 0 Å². The zero-order chi connectivity index (χ0) is 19.3. The van der Waals surface area contributed by atoms with Gasteiger partial charge in [-0.2, -0.15) is 4.98 Å².